The van der Waals surface area contributed by atoms with Crippen molar-refractivity contribution in [2.75, 3.05) is 0 Å². The average molecular weight is 208 g/mol. The lowest BCUT2D eigenvalue weighted by Crippen LogP contribution is -2.35. The van der Waals surface area contributed by atoms with Gasteiger partial charge in [-0.3, -0.25) is 0 Å². The van der Waals surface area contributed by atoms with Crippen molar-refractivity contribution in [2.45, 2.75) is 45.7 Å². The smallest absolute Gasteiger partial charge is 0.124 e. The molecular weight excluding hydrogens is 188 g/mol. The highest BCUT2D eigenvalue weighted by atomic mass is 16.5. The van der Waals surface area contributed by atoms with Gasteiger partial charge in [0.25, 0.3) is 0 Å². The first kappa shape index (κ1) is 10.7. The third-order valence-electron chi connectivity index (χ3n) is 3.66. The van der Waals surface area contributed by atoms with Crippen LogP contribution in [0, 0.1) is 11.8 Å². The largest absolute Gasteiger partial charge is 0.364 e. The Morgan fingerprint density at radius 1 is 1.40 bits per heavy atom. The third kappa shape index (κ3) is 2.81. The Balaban J connectivity index is 1.76. The molecule has 1 aliphatic carbocycles. The van der Waals surface area contributed by atoms with Crippen molar-refractivity contribution in [3.63, 3.8) is 0 Å². The van der Waals surface area contributed by atoms with Gasteiger partial charge in [0.05, 0.1) is 5.69 Å². The third-order valence-corrected chi connectivity index (χ3v) is 3.66. The van der Waals surface area contributed by atoms with Gasteiger partial charge in [0.2, 0.25) is 0 Å². The minimum absolute atomic E-state index is 0.660. The molecule has 0 radical (unpaired) electrons. The van der Waals surface area contributed by atoms with E-state index in [1.54, 1.807) is 6.26 Å². The van der Waals surface area contributed by atoms with E-state index in [9.17, 15) is 0 Å². The number of nitrogens with zero attached hydrogens (tertiary/aromatic N) is 1. The van der Waals surface area contributed by atoms with Crippen LogP contribution in [0.2, 0.25) is 0 Å². The molecule has 1 N–H and O–H groups in total. The summed E-state index contributed by atoms with van der Waals surface area (Å²) < 4.78 is 4.80. The lowest BCUT2D eigenvalue weighted by Gasteiger charge is -2.32. The van der Waals surface area contributed by atoms with E-state index < -0.39 is 0 Å². The Morgan fingerprint density at radius 2 is 2.27 bits per heavy atom. The van der Waals surface area contributed by atoms with Crippen molar-refractivity contribution < 1.29 is 4.52 Å². The summed E-state index contributed by atoms with van der Waals surface area (Å²) in [4.78, 5) is 0. The molecule has 3 unspecified atom stereocenters. The predicted octanol–water partition coefficient (Wildman–Crippen LogP) is 2.59. The lowest BCUT2D eigenvalue weighted by atomic mass is 9.79. The Morgan fingerprint density at radius 3 is 2.93 bits per heavy atom. The summed E-state index contributed by atoms with van der Waals surface area (Å²) in [6.45, 7) is 5.55. The topological polar surface area (TPSA) is 38.1 Å². The molecule has 1 heterocycles. The summed E-state index contributed by atoms with van der Waals surface area (Å²) in [5.41, 5.74) is 1.00. The number of rotatable bonds is 3. The highest BCUT2D eigenvalue weighted by molar-refractivity contribution is 4.95. The summed E-state index contributed by atoms with van der Waals surface area (Å²) in [5.74, 6) is 1.73. The monoisotopic (exact) mass is 208 g/mol. The van der Waals surface area contributed by atoms with Gasteiger partial charge in [-0.25, -0.2) is 0 Å². The molecule has 1 fully saturated rings. The first-order chi connectivity index (χ1) is 7.25. The molecule has 0 bridgehead atoms. The fourth-order valence-corrected chi connectivity index (χ4v) is 2.31. The van der Waals surface area contributed by atoms with Gasteiger partial charge in [-0.05, 0) is 31.1 Å². The van der Waals surface area contributed by atoms with Crippen LogP contribution < -0.4 is 5.32 Å². The van der Waals surface area contributed by atoms with Crippen LogP contribution in [0.3, 0.4) is 0 Å². The summed E-state index contributed by atoms with van der Waals surface area (Å²) in [7, 11) is 0. The van der Waals surface area contributed by atoms with Crippen molar-refractivity contribution in [2.24, 2.45) is 11.8 Å². The molecule has 15 heavy (non-hydrogen) atoms. The summed E-state index contributed by atoms with van der Waals surface area (Å²) in [6.07, 6.45) is 5.56. The standard InChI is InChI=1S/C12H20N2O/c1-9-3-4-11(7-10(9)2)13-8-12-5-6-15-14-12/h5-6,9-11,13H,3-4,7-8H2,1-2H3. The normalized spacial score (nSPS) is 31.7. The van der Waals surface area contributed by atoms with Gasteiger partial charge in [-0.2, -0.15) is 0 Å². The number of nitrogens with one attached hydrogen (secondary N) is 1. The van der Waals surface area contributed by atoms with Crippen molar-refractivity contribution in [3.05, 3.63) is 18.0 Å². The molecule has 0 saturated heterocycles. The lowest BCUT2D eigenvalue weighted by molar-refractivity contribution is 0.224. The second kappa shape index (κ2) is 4.79. The van der Waals surface area contributed by atoms with E-state index >= 15 is 0 Å². The minimum atomic E-state index is 0.660. The summed E-state index contributed by atoms with van der Waals surface area (Å²) in [6, 6.07) is 2.58. The summed E-state index contributed by atoms with van der Waals surface area (Å²) >= 11 is 0. The molecule has 0 aliphatic heterocycles. The van der Waals surface area contributed by atoms with Crippen molar-refractivity contribution in [1.29, 1.82) is 0 Å². The highest BCUT2D eigenvalue weighted by Crippen LogP contribution is 2.29. The average Bonchev–Trinajstić information content (AvgIpc) is 2.73. The van der Waals surface area contributed by atoms with E-state index in [0.29, 0.717) is 6.04 Å². The van der Waals surface area contributed by atoms with Crippen molar-refractivity contribution >= 4 is 0 Å². The van der Waals surface area contributed by atoms with Crippen LogP contribution in [0.1, 0.15) is 38.8 Å². The quantitative estimate of drug-likeness (QED) is 0.829. The molecule has 3 atom stereocenters. The maximum absolute atomic E-state index is 4.80. The van der Waals surface area contributed by atoms with Gasteiger partial charge >= 0.3 is 0 Å². The molecule has 1 aliphatic rings. The van der Waals surface area contributed by atoms with Crippen LogP contribution >= 0.6 is 0 Å². The molecule has 1 aromatic rings. The first-order valence-electron chi connectivity index (χ1n) is 5.88. The number of hydrogen-bond acceptors (Lipinski definition) is 3. The van der Waals surface area contributed by atoms with Crippen LogP contribution in [-0.2, 0) is 6.54 Å². The van der Waals surface area contributed by atoms with Gasteiger partial charge in [0.15, 0.2) is 0 Å². The van der Waals surface area contributed by atoms with Gasteiger partial charge in [0, 0.05) is 18.7 Å². The van der Waals surface area contributed by atoms with Crippen LogP contribution in [-0.4, -0.2) is 11.2 Å². The maximum atomic E-state index is 4.80. The Kier molecular flexibility index (Phi) is 3.41. The van der Waals surface area contributed by atoms with Crippen molar-refractivity contribution in [1.82, 2.24) is 10.5 Å². The minimum Gasteiger partial charge on any atom is -0.364 e. The molecule has 3 nitrogen and oxygen atoms in total. The SMILES string of the molecule is CC1CCC(NCc2ccon2)CC1C. The molecule has 84 valence electrons. The fourth-order valence-electron chi connectivity index (χ4n) is 2.31. The zero-order valence-electron chi connectivity index (χ0n) is 9.57. The molecule has 3 heteroatoms. The van der Waals surface area contributed by atoms with Gasteiger partial charge in [-0.15, -0.1) is 0 Å². The van der Waals surface area contributed by atoms with E-state index in [1.807, 2.05) is 6.07 Å². The highest BCUT2D eigenvalue weighted by Gasteiger charge is 2.23. The molecule has 0 amide bonds. The van der Waals surface area contributed by atoms with E-state index in [1.165, 1.54) is 19.3 Å². The number of hydrogen-bond donors (Lipinski definition) is 1. The van der Waals surface area contributed by atoms with Gasteiger partial charge < -0.3 is 9.84 Å². The van der Waals surface area contributed by atoms with Crippen LogP contribution in [0.4, 0.5) is 0 Å². The molecule has 1 saturated carbocycles. The van der Waals surface area contributed by atoms with E-state index in [-0.39, 0.29) is 0 Å². The fraction of sp³-hybridized carbons (Fsp3) is 0.750. The molecule has 1 aromatic heterocycles. The zero-order valence-corrected chi connectivity index (χ0v) is 9.57. The Hall–Kier alpha value is -0.830. The molecule has 0 aromatic carbocycles. The predicted molar refractivity (Wildman–Crippen MR) is 59.3 cm³/mol. The Bertz CT molecular complexity index is 284. The van der Waals surface area contributed by atoms with Crippen LogP contribution in [0.15, 0.2) is 16.9 Å². The van der Waals surface area contributed by atoms with E-state index in [2.05, 4.69) is 24.3 Å². The second-order valence-corrected chi connectivity index (χ2v) is 4.84. The van der Waals surface area contributed by atoms with E-state index in [4.69, 9.17) is 4.52 Å². The second-order valence-electron chi connectivity index (χ2n) is 4.84. The molecule has 2 rings (SSSR count). The van der Waals surface area contributed by atoms with E-state index in [0.717, 1.165) is 24.1 Å². The van der Waals surface area contributed by atoms with Gasteiger partial charge in [-0.1, -0.05) is 19.0 Å². The van der Waals surface area contributed by atoms with Crippen molar-refractivity contribution in [3.8, 4) is 0 Å². The number of aromatic nitrogens is 1. The van der Waals surface area contributed by atoms with Gasteiger partial charge in [0.1, 0.15) is 6.26 Å². The first-order valence-corrected chi connectivity index (χ1v) is 5.88. The zero-order chi connectivity index (χ0) is 10.7. The van der Waals surface area contributed by atoms with Crippen LogP contribution in [0.5, 0.6) is 0 Å². The Labute approximate surface area is 91.2 Å². The molecular formula is C12H20N2O. The molecule has 0 spiro atoms. The van der Waals surface area contributed by atoms with Crippen LogP contribution in [0.25, 0.3) is 0 Å². The maximum Gasteiger partial charge on any atom is 0.124 e. The summed E-state index contributed by atoms with van der Waals surface area (Å²) in [5, 5.41) is 7.45.